The Balaban J connectivity index is 1.79. The third-order valence-electron chi connectivity index (χ3n) is 4.21. The van der Waals surface area contributed by atoms with Gasteiger partial charge in [0, 0.05) is 18.3 Å². The molecule has 26 heavy (non-hydrogen) atoms. The van der Waals surface area contributed by atoms with Crippen molar-refractivity contribution in [2.45, 2.75) is 6.54 Å². The van der Waals surface area contributed by atoms with Gasteiger partial charge >= 0.3 is 0 Å². The first-order valence-corrected chi connectivity index (χ1v) is 8.15. The topological polar surface area (TPSA) is 104 Å². The van der Waals surface area contributed by atoms with Gasteiger partial charge in [0.15, 0.2) is 11.7 Å². The minimum atomic E-state index is 0.190. The third-order valence-corrected chi connectivity index (χ3v) is 4.21. The number of nitrogens with one attached hydrogen (secondary N) is 2. The molecule has 2 aromatic carbocycles. The van der Waals surface area contributed by atoms with Gasteiger partial charge in [0.25, 0.3) is 0 Å². The van der Waals surface area contributed by atoms with E-state index in [0.717, 1.165) is 22.4 Å². The highest BCUT2D eigenvalue weighted by Gasteiger charge is 2.10. The van der Waals surface area contributed by atoms with E-state index in [9.17, 15) is 0 Å². The summed E-state index contributed by atoms with van der Waals surface area (Å²) < 4.78 is 2.08. The smallest absolute Gasteiger partial charge is 0.155 e. The average molecular weight is 343 g/mol. The van der Waals surface area contributed by atoms with Crippen LogP contribution in [0.5, 0.6) is 0 Å². The molecule has 128 valence electrons. The van der Waals surface area contributed by atoms with Crippen molar-refractivity contribution in [2.75, 3.05) is 5.32 Å². The number of hydrogen-bond acceptors (Lipinski definition) is 4. The Bertz CT molecular complexity index is 1110. The molecule has 0 spiro atoms. The molecule has 0 bridgehead atoms. The highest BCUT2D eigenvalue weighted by molar-refractivity contribution is 6.00. The van der Waals surface area contributed by atoms with E-state index >= 15 is 0 Å². The third kappa shape index (κ3) is 2.86. The molecule has 4 rings (SSSR count). The Morgan fingerprint density at radius 2 is 1.92 bits per heavy atom. The molecule has 7 nitrogen and oxygen atoms in total. The number of amidine groups is 1. The molecule has 2 heterocycles. The largest absolute Gasteiger partial charge is 0.382 e. The molecule has 4 N–H and O–H groups in total. The zero-order chi connectivity index (χ0) is 17.9. The van der Waals surface area contributed by atoms with E-state index in [1.165, 1.54) is 5.56 Å². The summed E-state index contributed by atoms with van der Waals surface area (Å²) >= 11 is 0. The second-order valence-corrected chi connectivity index (χ2v) is 5.85. The van der Waals surface area contributed by atoms with Crippen molar-refractivity contribution >= 4 is 28.2 Å². The van der Waals surface area contributed by atoms with E-state index in [1.54, 1.807) is 0 Å². The van der Waals surface area contributed by atoms with Gasteiger partial charge in [-0.25, -0.2) is 4.98 Å². The molecule has 2 aromatic heterocycles. The predicted octanol–water partition coefficient (Wildman–Crippen LogP) is 3.75. The summed E-state index contributed by atoms with van der Waals surface area (Å²) in [6, 6.07) is 19.9. The van der Waals surface area contributed by atoms with Crippen LogP contribution in [0.25, 0.3) is 16.6 Å². The first-order chi connectivity index (χ1) is 12.8. The maximum atomic E-state index is 6.83. The number of nitrogens with zero attached hydrogens (tertiary/aromatic N) is 4. The number of aromatic nitrogens is 2. The Morgan fingerprint density at radius 1 is 1.08 bits per heavy atom. The van der Waals surface area contributed by atoms with E-state index in [-0.39, 0.29) is 5.84 Å². The Morgan fingerprint density at radius 3 is 2.73 bits per heavy atom. The molecular formula is C19H17N7. The second-order valence-electron chi connectivity index (χ2n) is 5.85. The van der Waals surface area contributed by atoms with Gasteiger partial charge in [-0.15, -0.1) is 5.10 Å². The first kappa shape index (κ1) is 15.8. The lowest BCUT2D eigenvalue weighted by Crippen LogP contribution is -2.13. The lowest BCUT2D eigenvalue weighted by Gasteiger charge is -2.11. The summed E-state index contributed by atoms with van der Waals surface area (Å²) in [6.07, 6.45) is 2.00. The van der Waals surface area contributed by atoms with Gasteiger partial charge in [-0.3, -0.25) is 0 Å². The summed E-state index contributed by atoms with van der Waals surface area (Å²) in [5, 5.41) is 9.99. The molecule has 0 atom stereocenters. The van der Waals surface area contributed by atoms with E-state index < -0.39 is 0 Å². The van der Waals surface area contributed by atoms with Crippen molar-refractivity contribution in [3.05, 3.63) is 78.0 Å². The molecule has 0 unspecified atom stereocenters. The predicted molar refractivity (Wildman–Crippen MR) is 102 cm³/mol. The Hall–Kier alpha value is -3.74. The molecular weight excluding hydrogens is 326 g/mol. The van der Waals surface area contributed by atoms with Crippen LogP contribution in [0.4, 0.5) is 5.82 Å². The summed E-state index contributed by atoms with van der Waals surface area (Å²) in [7, 11) is 0. The molecule has 0 saturated carbocycles. The number of benzene rings is 2. The lowest BCUT2D eigenvalue weighted by atomic mass is 10.1. The molecule has 7 heteroatoms. The molecule has 0 radical (unpaired) electrons. The molecule has 4 aromatic rings. The number of anilines is 1. The highest BCUT2D eigenvalue weighted by Crippen LogP contribution is 2.24. The summed E-state index contributed by atoms with van der Waals surface area (Å²) in [5.41, 5.74) is 17.3. The molecule has 0 amide bonds. The Kier molecular flexibility index (Phi) is 4.03. The van der Waals surface area contributed by atoms with Crippen LogP contribution in [0.1, 0.15) is 11.1 Å². The van der Waals surface area contributed by atoms with E-state index in [0.29, 0.717) is 12.1 Å². The van der Waals surface area contributed by atoms with Crippen LogP contribution in [0.2, 0.25) is 0 Å². The first-order valence-electron chi connectivity index (χ1n) is 8.15. The summed E-state index contributed by atoms with van der Waals surface area (Å²) in [4.78, 5) is 4.77. The monoisotopic (exact) mass is 343 g/mol. The van der Waals surface area contributed by atoms with E-state index in [1.807, 2.05) is 54.7 Å². The minimum absolute atomic E-state index is 0.190. The van der Waals surface area contributed by atoms with Crippen LogP contribution in [0.3, 0.4) is 0 Å². The van der Waals surface area contributed by atoms with Crippen LogP contribution in [-0.4, -0.2) is 15.2 Å². The van der Waals surface area contributed by atoms with Crippen molar-refractivity contribution in [1.82, 2.24) is 9.38 Å². The highest BCUT2D eigenvalue weighted by atomic mass is 15.3. The molecule has 0 aliphatic carbocycles. The molecule has 0 saturated heterocycles. The second kappa shape index (κ2) is 6.64. The van der Waals surface area contributed by atoms with Gasteiger partial charge < -0.3 is 15.5 Å². The van der Waals surface area contributed by atoms with Crippen LogP contribution in [0, 0.1) is 5.53 Å². The normalized spacial score (nSPS) is 11.8. The van der Waals surface area contributed by atoms with Gasteiger partial charge in [-0.1, -0.05) is 35.6 Å². The fourth-order valence-electron chi connectivity index (χ4n) is 2.96. The van der Waals surface area contributed by atoms with Gasteiger partial charge in [0.05, 0.1) is 16.6 Å². The van der Waals surface area contributed by atoms with Crippen LogP contribution < -0.4 is 11.1 Å². The lowest BCUT2D eigenvalue weighted by molar-refractivity contribution is 0.986. The molecule has 0 aliphatic heterocycles. The molecule has 0 aliphatic rings. The van der Waals surface area contributed by atoms with Crippen molar-refractivity contribution in [3.8, 4) is 0 Å². The van der Waals surface area contributed by atoms with Crippen LogP contribution >= 0.6 is 0 Å². The van der Waals surface area contributed by atoms with Crippen molar-refractivity contribution < 1.29 is 0 Å². The van der Waals surface area contributed by atoms with Crippen molar-refractivity contribution in [2.24, 2.45) is 16.1 Å². The standard InChI is InChI=1S/C19H17N7/c20-18(24-25-21)14-8-9-16-15(11-14)23-19(17-7-4-10-26(16)17)22-12-13-5-2-1-3-6-13/h1-11H,12H2,(H,22,23)(H3,20,21,24). The summed E-state index contributed by atoms with van der Waals surface area (Å²) in [5.74, 6) is 0.985. The van der Waals surface area contributed by atoms with Crippen molar-refractivity contribution in [1.29, 1.82) is 5.53 Å². The fourth-order valence-corrected chi connectivity index (χ4v) is 2.96. The zero-order valence-electron chi connectivity index (χ0n) is 13.9. The average Bonchev–Trinajstić information content (AvgIpc) is 3.17. The number of rotatable bonds is 5. The van der Waals surface area contributed by atoms with Crippen LogP contribution in [-0.2, 0) is 6.54 Å². The van der Waals surface area contributed by atoms with E-state index in [2.05, 4.69) is 32.2 Å². The van der Waals surface area contributed by atoms with Gasteiger partial charge in [0.1, 0.15) is 0 Å². The van der Waals surface area contributed by atoms with Gasteiger partial charge in [-0.2, -0.15) is 5.53 Å². The van der Waals surface area contributed by atoms with Gasteiger partial charge in [0.2, 0.25) is 0 Å². The van der Waals surface area contributed by atoms with Crippen molar-refractivity contribution in [3.63, 3.8) is 0 Å². The maximum absolute atomic E-state index is 6.83. The minimum Gasteiger partial charge on any atom is -0.382 e. The quantitative estimate of drug-likeness (QED) is 0.222. The summed E-state index contributed by atoms with van der Waals surface area (Å²) in [6.45, 7) is 0.682. The fraction of sp³-hybridized carbons (Fsp3) is 0.0526. The zero-order valence-corrected chi connectivity index (χ0v) is 13.9. The molecule has 0 fully saturated rings. The van der Waals surface area contributed by atoms with Gasteiger partial charge in [-0.05, 0) is 35.9 Å². The Labute approximate surface area is 149 Å². The number of nitrogens with two attached hydrogens (primary N) is 1. The number of hydrogen-bond donors (Lipinski definition) is 3. The van der Waals surface area contributed by atoms with E-state index in [4.69, 9.17) is 16.2 Å². The maximum Gasteiger partial charge on any atom is 0.155 e. The SMILES string of the molecule is N=NN=C(N)c1ccc2c(c1)nc(NCc1ccccc1)c1cccn12. The number of fused-ring (bicyclic) bond motifs is 3. The van der Waals surface area contributed by atoms with Crippen LogP contribution in [0.15, 0.2) is 77.2 Å².